The quantitative estimate of drug-likeness (QED) is 0.892. The number of para-hydroxylation sites is 1. The molecule has 0 radical (unpaired) electrons. The summed E-state index contributed by atoms with van der Waals surface area (Å²) in [4.78, 5) is 12.9. The van der Waals surface area contributed by atoms with Crippen LogP contribution in [0.1, 0.15) is 6.42 Å². The SMILES string of the molecule is O=C(Nc1ccccc1)[C@@H]1C[C@H]2CN(S(=O)(=O)c3ccccc3)C[C@@H]1O2. The van der Waals surface area contributed by atoms with E-state index in [1.807, 2.05) is 30.3 Å². The van der Waals surface area contributed by atoms with Crippen molar-refractivity contribution in [3.8, 4) is 0 Å². The van der Waals surface area contributed by atoms with Crippen LogP contribution in [0, 0.1) is 5.92 Å². The van der Waals surface area contributed by atoms with Gasteiger partial charge in [-0.3, -0.25) is 4.79 Å². The highest BCUT2D eigenvalue weighted by Crippen LogP contribution is 2.35. The zero-order valence-electron chi connectivity index (χ0n) is 14.1. The van der Waals surface area contributed by atoms with Gasteiger partial charge >= 0.3 is 0 Å². The van der Waals surface area contributed by atoms with E-state index in [1.165, 1.54) is 4.31 Å². The van der Waals surface area contributed by atoms with Crippen LogP contribution in [-0.4, -0.2) is 43.9 Å². The van der Waals surface area contributed by atoms with Crippen molar-refractivity contribution in [2.45, 2.75) is 23.5 Å². The van der Waals surface area contributed by atoms with E-state index >= 15 is 0 Å². The van der Waals surface area contributed by atoms with Gasteiger partial charge in [0.05, 0.1) is 23.0 Å². The lowest BCUT2D eigenvalue weighted by Gasteiger charge is -2.31. The standard InChI is InChI=1S/C19H20N2O4S/c22-19(20-14-7-3-1-4-8-14)17-11-15-12-21(13-18(17)25-15)26(23,24)16-9-5-2-6-10-16/h1-10,15,17-18H,11-13H2,(H,20,22)/t15-,17+,18-/m0/s1. The first-order valence-electron chi connectivity index (χ1n) is 8.60. The second-order valence-corrected chi connectivity index (χ2v) is 8.57. The molecule has 1 amide bonds. The van der Waals surface area contributed by atoms with E-state index in [0.29, 0.717) is 6.42 Å². The van der Waals surface area contributed by atoms with Crippen molar-refractivity contribution in [1.29, 1.82) is 0 Å². The summed E-state index contributed by atoms with van der Waals surface area (Å²) in [7, 11) is -3.57. The lowest BCUT2D eigenvalue weighted by Crippen LogP contribution is -2.47. The van der Waals surface area contributed by atoms with E-state index in [0.717, 1.165) is 5.69 Å². The molecule has 0 aliphatic carbocycles. The average Bonchev–Trinajstić information content (AvgIpc) is 2.97. The monoisotopic (exact) mass is 372 g/mol. The van der Waals surface area contributed by atoms with E-state index in [-0.39, 0.29) is 35.9 Å². The van der Waals surface area contributed by atoms with Gasteiger partial charge in [-0.15, -0.1) is 0 Å². The van der Waals surface area contributed by atoms with Crippen LogP contribution in [0.5, 0.6) is 0 Å². The molecule has 0 aromatic heterocycles. The van der Waals surface area contributed by atoms with Gasteiger partial charge in [0.1, 0.15) is 0 Å². The van der Waals surface area contributed by atoms with Crippen LogP contribution in [-0.2, 0) is 19.6 Å². The van der Waals surface area contributed by atoms with Gasteiger partial charge in [0, 0.05) is 18.8 Å². The van der Waals surface area contributed by atoms with Crippen LogP contribution in [0.4, 0.5) is 5.69 Å². The topological polar surface area (TPSA) is 75.7 Å². The summed E-state index contributed by atoms with van der Waals surface area (Å²) < 4.78 is 33.0. The van der Waals surface area contributed by atoms with Gasteiger partial charge in [0.15, 0.2) is 0 Å². The Morgan fingerprint density at radius 2 is 1.65 bits per heavy atom. The number of morpholine rings is 1. The number of sulfonamides is 1. The number of amides is 1. The van der Waals surface area contributed by atoms with Crippen LogP contribution in [0.2, 0.25) is 0 Å². The van der Waals surface area contributed by atoms with Crippen molar-refractivity contribution in [3.05, 3.63) is 60.7 Å². The first kappa shape index (κ1) is 17.2. The minimum atomic E-state index is -3.57. The van der Waals surface area contributed by atoms with Crippen LogP contribution in [0.3, 0.4) is 0 Å². The number of carbonyl (C=O) groups is 1. The Kier molecular flexibility index (Phi) is 4.52. The normalized spacial score (nSPS) is 25.8. The summed E-state index contributed by atoms with van der Waals surface area (Å²) in [6, 6.07) is 17.6. The molecule has 2 heterocycles. The van der Waals surface area contributed by atoms with Crippen LogP contribution >= 0.6 is 0 Å². The third kappa shape index (κ3) is 3.25. The van der Waals surface area contributed by atoms with E-state index in [1.54, 1.807) is 30.3 Å². The number of nitrogens with one attached hydrogen (secondary N) is 1. The summed E-state index contributed by atoms with van der Waals surface area (Å²) in [5.74, 6) is -0.473. The number of nitrogens with zero attached hydrogens (tertiary/aromatic N) is 1. The van der Waals surface area contributed by atoms with Crippen LogP contribution < -0.4 is 5.32 Å². The fraction of sp³-hybridized carbons (Fsp3) is 0.316. The highest BCUT2D eigenvalue weighted by atomic mass is 32.2. The van der Waals surface area contributed by atoms with Gasteiger partial charge in [0.2, 0.25) is 15.9 Å². The molecular weight excluding hydrogens is 352 g/mol. The summed E-state index contributed by atoms with van der Waals surface area (Å²) >= 11 is 0. The lowest BCUT2D eigenvalue weighted by molar-refractivity contribution is -0.122. The van der Waals surface area contributed by atoms with Crippen molar-refractivity contribution in [3.63, 3.8) is 0 Å². The van der Waals surface area contributed by atoms with Crippen LogP contribution in [0.15, 0.2) is 65.6 Å². The molecule has 0 unspecified atom stereocenters. The molecule has 26 heavy (non-hydrogen) atoms. The number of benzene rings is 2. The van der Waals surface area contributed by atoms with E-state index in [9.17, 15) is 13.2 Å². The summed E-state index contributed by atoms with van der Waals surface area (Å²) in [6.45, 7) is 0.476. The molecule has 2 fully saturated rings. The third-order valence-corrected chi connectivity index (χ3v) is 6.73. The predicted octanol–water partition coefficient (Wildman–Crippen LogP) is 2.10. The van der Waals surface area contributed by atoms with Gasteiger partial charge < -0.3 is 10.1 Å². The first-order valence-corrected chi connectivity index (χ1v) is 10.0. The predicted molar refractivity (Wildman–Crippen MR) is 97.0 cm³/mol. The second kappa shape index (κ2) is 6.83. The molecule has 136 valence electrons. The molecule has 3 atom stereocenters. The Balaban J connectivity index is 1.49. The Labute approximate surface area is 152 Å². The number of anilines is 1. The van der Waals surface area contributed by atoms with Gasteiger partial charge in [0.25, 0.3) is 0 Å². The molecule has 7 heteroatoms. The number of carbonyl (C=O) groups excluding carboxylic acids is 1. The minimum Gasteiger partial charge on any atom is -0.371 e. The maximum Gasteiger partial charge on any atom is 0.243 e. The third-order valence-electron chi connectivity index (χ3n) is 4.88. The summed E-state index contributed by atoms with van der Waals surface area (Å²) in [6.07, 6.45) is -0.140. The number of hydrogen-bond acceptors (Lipinski definition) is 4. The zero-order chi connectivity index (χ0) is 18.1. The maximum atomic E-state index is 12.8. The second-order valence-electron chi connectivity index (χ2n) is 6.63. The van der Waals surface area contributed by atoms with Gasteiger partial charge in [-0.2, -0.15) is 4.31 Å². The molecule has 2 aromatic carbocycles. The van der Waals surface area contributed by atoms with Crippen molar-refractivity contribution in [2.75, 3.05) is 18.4 Å². The van der Waals surface area contributed by atoms with Crippen molar-refractivity contribution >= 4 is 21.6 Å². The highest BCUT2D eigenvalue weighted by Gasteiger charge is 2.47. The fourth-order valence-corrected chi connectivity index (χ4v) is 5.10. The van der Waals surface area contributed by atoms with Crippen LogP contribution in [0.25, 0.3) is 0 Å². The summed E-state index contributed by atoms with van der Waals surface area (Å²) in [5, 5.41) is 2.89. The Hall–Kier alpha value is -2.22. The molecule has 6 nitrogen and oxygen atoms in total. The van der Waals surface area contributed by atoms with E-state index in [2.05, 4.69) is 5.32 Å². The molecule has 2 saturated heterocycles. The van der Waals surface area contributed by atoms with Gasteiger partial charge in [-0.25, -0.2) is 8.42 Å². The number of rotatable bonds is 4. The number of fused-ring (bicyclic) bond motifs is 2. The number of ether oxygens (including phenoxy) is 1. The smallest absolute Gasteiger partial charge is 0.243 e. The Bertz CT molecular complexity index is 886. The van der Waals surface area contributed by atoms with Gasteiger partial charge in [-0.1, -0.05) is 36.4 Å². The molecule has 0 spiro atoms. The van der Waals surface area contributed by atoms with Gasteiger partial charge in [-0.05, 0) is 30.7 Å². The maximum absolute atomic E-state index is 12.8. The van der Waals surface area contributed by atoms with Crippen molar-refractivity contribution in [2.24, 2.45) is 5.92 Å². The first-order chi connectivity index (χ1) is 12.5. The molecule has 2 aromatic rings. The zero-order valence-corrected chi connectivity index (χ0v) is 14.9. The van der Waals surface area contributed by atoms with Crippen molar-refractivity contribution in [1.82, 2.24) is 4.31 Å². The highest BCUT2D eigenvalue weighted by molar-refractivity contribution is 7.89. The Morgan fingerprint density at radius 3 is 2.35 bits per heavy atom. The van der Waals surface area contributed by atoms with Crippen molar-refractivity contribution < 1.29 is 17.9 Å². The summed E-state index contributed by atoms with van der Waals surface area (Å²) in [5.41, 5.74) is 0.729. The largest absolute Gasteiger partial charge is 0.371 e. The van der Waals surface area contributed by atoms with E-state index < -0.39 is 16.1 Å². The number of hydrogen-bond donors (Lipinski definition) is 1. The van der Waals surface area contributed by atoms with E-state index in [4.69, 9.17) is 4.74 Å². The molecule has 0 saturated carbocycles. The molecule has 2 aliphatic rings. The molecule has 4 rings (SSSR count). The molecule has 2 aliphatic heterocycles. The minimum absolute atomic E-state index is 0.123. The lowest BCUT2D eigenvalue weighted by atomic mass is 9.99. The molecule has 2 bridgehead atoms. The molecular formula is C19H20N2O4S. The molecule has 1 N–H and O–H groups in total. The Morgan fingerprint density at radius 1 is 1.00 bits per heavy atom. The average molecular weight is 372 g/mol. The fourth-order valence-electron chi connectivity index (χ4n) is 3.59.